The number of anilines is 1. The van der Waals surface area contributed by atoms with Crippen molar-refractivity contribution in [3.8, 4) is 0 Å². The number of carbonyl (C=O) groups excluding carboxylic acids is 1. The fraction of sp³-hybridized carbons (Fsp3) is 0.263. The molecular weight excluding hydrogens is 427 g/mol. The molecule has 1 aromatic heterocycles. The number of nitrogens with one attached hydrogen (secondary N) is 1. The molecule has 1 fully saturated rings. The summed E-state index contributed by atoms with van der Waals surface area (Å²) in [6, 6.07) is 14.3. The third-order valence-corrected chi connectivity index (χ3v) is 8.01. The zero-order chi connectivity index (χ0) is 16.8. The van der Waals surface area contributed by atoms with E-state index in [1.54, 1.807) is 0 Å². The summed E-state index contributed by atoms with van der Waals surface area (Å²) < 4.78 is 4.33. The normalized spacial score (nSPS) is 21.6. The molecular formula is C19H18IN4O+. The van der Waals surface area contributed by atoms with E-state index in [1.807, 2.05) is 29.3 Å². The number of fused-ring (bicyclic) bond motifs is 2. The monoisotopic (exact) mass is 445 g/mol. The Morgan fingerprint density at radius 3 is 2.96 bits per heavy atom. The van der Waals surface area contributed by atoms with Gasteiger partial charge in [-0.25, -0.2) is 9.89 Å². The number of hydrogen-bond acceptors (Lipinski definition) is 3. The molecule has 126 valence electrons. The van der Waals surface area contributed by atoms with Crippen LogP contribution in [0.5, 0.6) is 0 Å². The molecule has 1 aromatic carbocycles. The SMILES string of the molecule is O=C1CCc2ccccc2N1CC1=[N+]2CC2I=C(c2ccccn2)N1. The molecule has 0 radical (unpaired) electrons. The van der Waals surface area contributed by atoms with Gasteiger partial charge in [0.1, 0.15) is 18.8 Å². The summed E-state index contributed by atoms with van der Waals surface area (Å²) in [5.74, 6) is 1.35. The molecule has 0 bridgehead atoms. The first-order chi connectivity index (χ1) is 12.3. The van der Waals surface area contributed by atoms with Crippen LogP contribution in [-0.2, 0) is 11.2 Å². The average molecular weight is 445 g/mol. The van der Waals surface area contributed by atoms with E-state index in [0.29, 0.717) is 17.0 Å². The van der Waals surface area contributed by atoms with Gasteiger partial charge < -0.3 is 0 Å². The highest BCUT2D eigenvalue weighted by Gasteiger charge is 2.44. The summed E-state index contributed by atoms with van der Waals surface area (Å²) in [4.78, 5) is 19.0. The predicted molar refractivity (Wildman–Crippen MR) is 107 cm³/mol. The Morgan fingerprint density at radius 2 is 2.08 bits per heavy atom. The molecule has 2 aromatic rings. The van der Waals surface area contributed by atoms with Crippen LogP contribution in [0.1, 0.15) is 17.7 Å². The first-order valence-electron chi connectivity index (χ1n) is 8.49. The number of para-hydroxylation sites is 1. The summed E-state index contributed by atoms with van der Waals surface area (Å²) in [6.45, 7) is 1.72. The summed E-state index contributed by atoms with van der Waals surface area (Å²) in [7, 11) is 0. The molecule has 4 heterocycles. The van der Waals surface area contributed by atoms with Gasteiger partial charge in [0.05, 0.1) is 0 Å². The van der Waals surface area contributed by atoms with E-state index >= 15 is 0 Å². The molecule has 5 nitrogen and oxygen atoms in total. The lowest BCUT2D eigenvalue weighted by atomic mass is 10.0. The molecule has 25 heavy (non-hydrogen) atoms. The first-order valence-corrected chi connectivity index (χ1v) is 10.8. The number of hydrogen-bond donors (Lipinski definition) is 1. The molecule has 1 atom stereocenters. The van der Waals surface area contributed by atoms with Gasteiger partial charge in [-0.2, -0.15) is 0 Å². The Labute approximate surface area is 156 Å². The molecule has 1 amide bonds. The van der Waals surface area contributed by atoms with Gasteiger partial charge in [0.15, 0.2) is 7.68 Å². The van der Waals surface area contributed by atoms with Crippen molar-refractivity contribution in [1.29, 1.82) is 0 Å². The molecule has 0 spiro atoms. The molecule has 0 saturated carbocycles. The predicted octanol–water partition coefficient (Wildman–Crippen LogP) is 1.86. The van der Waals surface area contributed by atoms with Gasteiger partial charge in [0.2, 0.25) is 5.91 Å². The number of amides is 1. The van der Waals surface area contributed by atoms with E-state index in [1.165, 1.54) is 9.20 Å². The van der Waals surface area contributed by atoms with Crippen LogP contribution in [0.4, 0.5) is 5.69 Å². The fourth-order valence-electron chi connectivity index (χ4n) is 3.40. The van der Waals surface area contributed by atoms with Crippen LogP contribution < -0.4 is 10.2 Å². The fourth-order valence-corrected chi connectivity index (χ4v) is 6.52. The van der Waals surface area contributed by atoms with Crippen molar-refractivity contribution < 1.29 is 9.37 Å². The summed E-state index contributed by atoms with van der Waals surface area (Å²) in [6.07, 6.45) is 3.28. The smallest absolute Gasteiger partial charge is 0.271 e. The van der Waals surface area contributed by atoms with E-state index < -0.39 is 0 Å². The molecule has 1 saturated heterocycles. The Hall–Kier alpha value is -2.09. The number of aromatic nitrogens is 1. The second-order valence-electron chi connectivity index (χ2n) is 6.41. The van der Waals surface area contributed by atoms with Crippen molar-refractivity contribution >= 4 is 41.8 Å². The van der Waals surface area contributed by atoms with Crippen LogP contribution >= 0.6 is 20.7 Å². The molecule has 0 aliphatic carbocycles. The summed E-state index contributed by atoms with van der Waals surface area (Å²) in [5, 5.41) is 3.61. The summed E-state index contributed by atoms with van der Waals surface area (Å²) >= 11 is -0.0903. The van der Waals surface area contributed by atoms with Crippen LogP contribution in [0, 0.1) is 0 Å². The minimum absolute atomic E-state index is 0.0903. The lowest BCUT2D eigenvalue weighted by Gasteiger charge is -2.28. The number of rotatable bonds is 3. The van der Waals surface area contributed by atoms with Gasteiger partial charge >= 0.3 is 0 Å². The minimum atomic E-state index is -0.0903. The third kappa shape index (κ3) is 2.78. The zero-order valence-corrected chi connectivity index (χ0v) is 15.8. The number of alkyl halides is 1. The quantitative estimate of drug-likeness (QED) is 0.258. The van der Waals surface area contributed by atoms with Gasteiger partial charge in [0.25, 0.3) is 5.84 Å². The number of halogens is 1. The Balaban J connectivity index is 1.43. The van der Waals surface area contributed by atoms with Gasteiger partial charge in [0, 0.05) is 18.3 Å². The van der Waals surface area contributed by atoms with Crippen molar-refractivity contribution in [2.45, 2.75) is 16.9 Å². The van der Waals surface area contributed by atoms with Gasteiger partial charge in [-0.15, -0.1) is 0 Å². The van der Waals surface area contributed by atoms with Gasteiger partial charge in [-0.05, 0) is 50.9 Å². The summed E-state index contributed by atoms with van der Waals surface area (Å²) in [5.41, 5.74) is 3.37. The Bertz CT molecular complexity index is 922. The maximum atomic E-state index is 12.6. The standard InChI is InChI=1S/C19H17IN4O/c25-18-9-8-13-5-1-2-7-15(13)23(18)12-17-22-19(20-16-11-24(16)17)14-6-3-4-10-21-14/h1-7,10,16H,8-9,11-12H2/p+1. The molecule has 5 rings (SSSR count). The molecule has 3 aliphatic rings. The first kappa shape index (κ1) is 15.2. The zero-order valence-electron chi connectivity index (χ0n) is 13.7. The maximum Gasteiger partial charge on any atom is 0.271 e. The van der Waals surface area contributed by atoms with Crippen LogP contribution in [0.15, 0.2) is 48.7 Å². The topological polar surface area (TPSA) is 48.2 Å². The Morgan fingerprint density at radius 1 is 1.20 bits per heavy atom. The molecule has 1 unspecified atom stereocenters. The van der Waals surface area contributed by atoms with E-state index in [-0.39, 0.29) is 26.6 Å². The van der Waals surface area contributed by atoms with Crippen LogP contribution in [0.3, 0.4) is 0 Å². The number of pyridine rings is 1. The van der Waals surface area contributed by atoms with Crippen molar-refractivity contribution in [3.63, 3.8) is 0 Å². The Kier molecular flexibility index (Phi) is 3.65. The lowest BCUT2D eigenvalue weighted by Crippen LogP contribution is -2.47. The van der Waals surface area contributed by atoms with Crippen molar-refractivity contribution in [3.05, 3.63) is 59.9 Å². The number of benzene rings is 1. The van der Waals surface area contributed by atoms with Crippen LogP contribution in [-0.4, -0.2) is 42.1 Å². The van der Waals surface area contributed by atoms with Crippen LogP contribution in [0.2, 0.25) is 0 Å². The number of amidine groups is 1. The van der Waals surface area contributed by atoms with E-state index in [0.717, 1.165) is 30.2 Å². The van der Waals surface area contributed by atoms with Crippen LogP contribution in [0.25, 0.3) is 0 Å². The minimum Gasteiger partial charge on any atom is -0.300 e. The van der Waals surface area contributed by atoms with E-state index in [4.69, 9.17) is 0 Å². The highest BCUT2D eigenvalue weighted by Crippen LogP contribution is 2.31. The lowest BCUT2D eigenvalue weighted by molar-refractivity contribution is -0.343. The highest BCUT2D eigenvalue weighted by molar-refractivity contribution is 14.2. The molecule has 3 aliphatic heterocycles. The van der Waals surface area contributed by atoms with Crippen molar-refractivity contribution in [2.24, 2.45) is 0 Å². The second kappa shape index (κ2) is 6.01. The number of nitrogens with zero attached hydrogens (tertiary/aromatic N) is 3. The van der Waals surface area contributed by atoms with Crippen molar-refractivity contribution in [1.82, 2.24) is 10.3 Å². The molecule has 1 N–H and O–H groups in total. The maximum absolute atomic E-state index is 12.6. The average Bonchev–Trinajstić information content (AvgIpc) is 3.44. The van der Waals surface area contributed by atoms with E-state index in [2.05, 4.69) is 39.1 Å². The largest absolute Gasteiger partial charge is 0.300 e. The van der Waals surface area contributed by atoms with Crippen molar-refractivity contribution in [2.75, 3.05) is 18.0 Å². The molecule has 6 heteroatoms. The number of aryl methyl sites for hydroxylation is 1. The van der Waals surface area contributed by atoms with Gasteiger partial charge in [-0.1, -0.05) is 24.3 Å². The number of carbonyl (C=O) groups is 1. The highest BCUT2D eigenvalue weighted by atomic mass is 127. The van der Waals surface area contributed by atoms with E-state index in [9.17, 15) is 4.79 Å². The second-order valence-corrected chi connectivity index (χ2v) is 9.54. The van der Waals surface area contributed by atoms with Gasteiger partial charge in [-0.3, -0.25) is 14.7 Å². The third-order valence-electron chi connectivity index (χ3n) is 4.78.